The number of nitrogens with one attached hydrogen (secondary N) is 2. The molecule has 0 aliphatic rings. The summed E-state index contributed by atoms with van der Waals surface area (Å²) in [5, 5.41) is 9.77. The van der Waals surface area contributed by atoms with Gasteiger partial charge >= 0.3 is 0 Å². The molecule has 21 heavy (non-hydrogen) atoms. The predicted octanol–water partition coefficient (Wildman–Crippen LogP) is 2.73. The number of amides is 1. The third kappa shape index (κ3) is 2.60. The van der Waals surface area contributed by atoms with Crippen molar-refractivity contribution < 1.29 is 4.79 Å². The molecule has 0 spiro atoms. The summed E-state index contributed by atoms with van der Waals surface area (Å²) < 4.78 is 0. The molecule has 0 saturated heterocycles. The SMILES string of the molecule is CC(C)c1cc(NC(=O)c2cccc3nccnc23)n[nH]1. The number of hydrogen-bond acceptors (Lipinski definition) is 4. The lowest BCUT2D eigenvalue weighted by Crippen LogP contribution is -2.13. The highest BCUT2D eigenvalue weighted by Crippen LogP contribution is 2.18. The molecular formula is C15H15N5O. The van der Waals surface area contributed by atoms with Gasteiger partial charge in [-0.05, 0) is 18.1 Å². The van der Waals surface area contributed by atoms with Crippen molar-refractivity contribution in [3.63, 3.8) is 0 Å². The molecule has 0 unspecified atom stereocenters. The second-order valence-electron chi connectivity index (χ2n) is 5.05. The molecule has 2 heterocycles. The maximum absolute atomic E-state index is 12.4. The maximum atomic E-state index is 12.4. The molecule has 0 aliphatic carbocycles. The Morgan fingerprint density at radius 1 is 1.24 bits per heavy atom. The van der Waals surface area contributed by atoms with Crippen molar-refractivity contribution >= 4 is 22.8 Å². The molecule has 0 fully saturated rings. The van der Waals surface area contributed by atoms with E-state index in [1.807, 2.05) is 12.1 Å². The summed E-state index contributed by atoms with van der Waals surface area (Å²) in [6, 6.07) is 7.17. The zero-order chi connectivity index (χ0) is 14.8. The molecule has 0 saturated carbocycles. The number of fused-ring (bicyclic) bond motifs is 1. The standard InChI is InChI=1S/C15H15N5O/c1-9(2)12-8-13(20-19-12)18-15(21)10-4-3-5-11-14(10)17-7-6-16-11/h3-9H,1-2H3,(H2,18,19,20,21). The van der Waals surface area contributed by atoms with Gasteiger partial charge in [0.1, 0.15) is 5.52 Å². The largest absolute Gasteiger partial charge is 0.305 e. The van der Waals surface area contributed by atoms with Crippen molar-refractivity contribution in [2.45, 2.75) is 19.8 Å². The van der Waals surface area contributed by atoms with Gasteiger partial charge in [0.25, 0.3) is 5.91 Å². The van der Waals surface area contributed by atoms with E-state index in [0.717, 1.165) is 5.69 Å². The van der Waals surface area contributed by atoms with Crippen molar-refractivity contribution in [1.29, 1.82) is 0 Å². The van der Waals surface area contributed by atoms with E-state index in [9.17, 15) is 4.79 Å². The summed E-state index contributed by atoms with van der Waals surface area (Å²) >= 11 is 0. The molecular weight excluding hydrogens is 266 g/mol. The Kier molecular flexibility index (Phi) is 3.35. The van der Waals surface area contributed by atoms with E-state index >= 15 is 0 Å². The minimum absolute atomic E-state index is 0.247. The highest BCUT2D eigenvalue weighted by Gasteiger charge is 2.13. The van der Waals surface area contributed by atoms with Crippen molar-refractivity contribution in [2.75, 3.05) is 5.32 Å². The first-order chi connectivity index (χ1) is 10.1. The van der Waals surface area contributed by atoms with Crippen LogP contribution in [-0.2, 0) is 0 Å². The van der Waals surface area contributed by atoms with Crippen molar-refractivity contribution in [3.8, 4) is 0 Å². The summed E-state index contributed by atoms with van der Waals surface area (Å²) in [4.78, 5) is 20.8. The van der Waals surface area contributed by atoms with Crippen LogP contribution in [0.3, 0.4) is 0 Å². The van der Waals surface area contributed by atoms with Crippen molar-refractivity contribution in [1.82, 2.24) is 20.2 Å². The van der Waals surface area contributed by atoms with Crippen LogP contribution in [-0.4, -0.2) is 26.1 Å². The molecule has 6 nitrogen and oxygen atoms in total. The van der Waals surface area contributed by atoms with Gasteiger partial charge in [-0.25, -0.2) is 0 Å². The highest BCUT2D eigenvalue weighted by molar-refractivity contribution is 6.10. The second-order valence-corrected chi connectivity index (χ2v) is 5.05. The number of carbonyl (C=O) groups excluding carboxylic acids is 1. The first-order valence-electron chi connectivity index (χ1n) is 6.71. The average molecular weight is 281 g/mol. The Hall–Kier alpha value is -2.76. The van der Waals surface area contributed by atoms with E-state index in [-0.39, 0.29) is 5.91 Å². The first-order valence-corrected chi connectivity index (χ1v) is 6.71. The summed E-state index contributed by atoms with van der Waals surface area (Å²) in [6.07, 6.45) is 3.18. The smallest absolute Gasteiger partial charge is 0.259 e. The van der Waals surface area contributed by atoms with Gasteiger partial charge in [0.15, 0.2) is 5.82 Å². The van der Waals surface area contributed by atoms with Crippen LogP contribution in [0.15, 0.2) is 36.7 Å². The number of H-pyrrole nitrogens is 1. The summed E-state index contributed by atoms with van der Waals surface area (Å²) in [7, 11) is 0. The molecule has 3 aromatic rings. The molecule has 3 rings (SSSR count). The number of aromatic amines is 1. The van der Waals surface area contributed by atoms with Gasteiger partial charge in [-0.1, -0.05) is 19.9 Å². The molecule has 2 N–H and O–H groups in total. The van der Waals surface area contributed by atoms with Crippen molar-refractivity contribution in [3.05, 3.63) is 47.9 Å². The van der Waals surface area contributed by atoms with Crippen LogP contribution in [0.2, 0.25) is 0 Å². The number of para-hydroxylation sites is 1. The molecule has 2 aromatic heterocycles. The number of anilines is 1. The zero-order valence-corrected chi connectivity index (χ0v) is 11.8. The van der Waals surface area contributed by atoms with E-state index < -0.39 is 0 Å². The lowest BCUT2D eigenvalue weighted by molar-refractivity contribution is 0.102. The van der Waals surface area contributed by atoms with Crippen LogP contribution in [0.4, 0.5) is 5.82 Å². The maximum Gasteiger partial charge on any atom is 0.259 e. The van der Waals surface area contributed by atoms with Gasteiger partial charge in [-0.3, -0.25) is 19.9 Å². The number of aromatic nitrogens is 4. The normalized spacial score (nSPS) is 11.0. The second kappa shape index (κ2) is 5.32. The fourth-order valence-corrected chi connectivity index (χ4v) is 2.06. The van der Waals surface area contributed by atoms with E-state index in [1.54, 1.807) is 24.5 Å². The molecule has 0 radical (unpaired) electrons. The average Bonchev–Trinajstić information content (AvgIpc) is 2.95. The van der Waals surface area contributed by atoms with Crippen LogP contribution < -0.4 is 5.32 Å². The lowest BCUT2D eigenvalue weighted by Gasteiger charge is -2.04. The van der Waals surface area contributed by atoms with Crippen LogP contribution in [0, 0.1) is 0 Å². The Morgan fingerprint density at radius 2 is 2.05 bits per heavy atom. The van der Waals surface area contributed by atoms with Gasteiger partial charge in [0, 0.05) is 24.2 Å². The number of benzene rings is 1. The predicted molar refractivity (Wildman–Crippen MR) is 80.2 cm³/mol. The topological polar surface area (TPSA) is 83.6 Å². The third-order valence-corrected chi connectivity index (χ3v) is 3.20. The van der Waals surface area contributed by atoms with Gasteiger partial charge < -0.3 is 5.32 Å². The minimum atomic E-state index is -0.247. The minimum Gasteiger partial charge on any atom is -0.305 e. The van der Waals surface area contributed by atoms with Crippen LogP contribution in [0.5, 0.6) is 0 Å². The van der Waals surface area contributed by atoms with Gasteiger partial charge in [0.2, 0.25) is 0 Å². The quantitative estimate of drug-likeness (QED) is 0.773. The first kappa shape index (κ1) is 13.2. The molecule has 0 aliphatic heterocycles. The van der Waals surface area contributed by atoms with Gasteiger partial charge in [-0.15, -0.1) is 0 Å². The molecule has 0 bridgehead atoms. The van der Waals surface area contributed by atoms with E-state index in [0.29, 0.717) is 28.3 Å². The van der Waals surface area contributed by atoms with Crippen LogP contribution in [0.25, 0.3) is 11.0 Å². The summed E-state index contributed by atoms with van der Waals surface area (Å²) in [5.74, 6) is 0.582. The zero-order valence-electron chi connectivity index (χ0n) is 11.8. The third-order valence-electron chi connectivity index (χ3n) is 3.20. The van der Waals surface area contributed by atoms with E-state index in [4.69, 9.17) is 0 Å². The molecule has 106 valence electrons. The van der Waals surface area contributed by atoms with Gasteiger partial charge in [0.05, 0.1) is 11.1 Å². The Bertz CT molecular complexity index is 788. The van der Waals surface area contributed by atoms with E-state index in [1.165, 1.54) is 0 Å². The molecule has 6 heteroatoms. The van der Waals surface area contributed by atoms with Crippen LogP contribution >= 0.6 is 0 Å². The summed E-state index contributed by atoms with van der Waals surface area (Å²) in [6.45, 7) is 4.11. The Labute approximate surface area is 121 Å². The molecule has 1 amide bonds. The fourth-order valence-electron chi connectivity index (χ4n) is 2.06. The molecule has 0 atom stereocenters. The highest BCUT2D eigenvalue weighted by atomic mass is 16.1. The van der Waals surface area contributed by atoms with E-state index in [2.05, 4.69) is 39.3 Å². The fraction of sp³-hybridized carbons (Fsp3) is 0.200. The molecule has 1 aromatic carbocycles. The van der Waals surface area contributed by atoms with Crippen LogP contribution in [0.1, 0.15) is 35.8 Å². The number of rotatable bonds is 3. The number of nitrogens with zero attached hydrogens (tertiary/aromatic N) is 3. The number of carbonyl (C=O) groups is 1. The Morgan fingerprint density at radius 3 is 2.81 bits per heavy atom. The monoisotopic (exact) mass is 281 g/mol. The van der Waals surface area contributed by atoms with Gasteiger partial charge in [-0.2, -0.15) is 5.10 Å². The Balaban J connectivity index is 1.90. The number of hydrogen-bond donors (Lipinski definition) is 2. The van der Waals surface area contributed by atoms with Crippen molar-refractivity contribution in [2.24, 2.45) is 0 Å². The lowest BCUT2D eigenvalue weighted by atomic mass is 10.1. The summed E-state index contributed by atoms with van der Waals surface area (Å²) in [5.41, 5.74) is 2.73.